The van der Waals surface area contributed by atoms with Crippen molar-refractivity contribution in [3.05, 3.63) is 59.6 Å². The predicted molar refractivity (Wildman–Crippen MR) is 96.4 cm³/mol. The number of hydrazone groups is 1. The normalized spacial score (nSPS) is 11.0. The summed E-state index contributed by atoms with van der Waals surface area (Å²) in [5, 5.41) is 4.47. The molecule has 0 aromatic heterocycles. The van der Waals surface area contributed by atoms with Gasteiger partial charge in [0.15, 0.2) is 5.04 Å². The van der Waals surface area contributed by atoms with Crippen LogP contribution in [-0.4, -0.2) is 23.4 Å². The van der Waals surface area contributed by atoms with Crippen LogP contribution in [0.2, 0.25) is 5.02 Å². The van der Waals surface area contributed by atoms with E-state index in [0.29, 0.717) is 10.7 Å². The zero-order chi connectivity index (χ0) is 17.4. The van der Waals surface area contributed by atoms with Gasteiger partial charge in [-0.25, -0.2) is 4.79 Å². The van der Waals surface area contributed by atoms with Gasteiger partial charge in [-0.3, -0.25) is 10.2 Å². The molecule has 1 N–H and O–H groups in total. The molecule has 0 aliphatic heterocycles. The highest BCUT2D eigenvalue weighted by atomic mass is 35.5. The number of nitrogens with zero attached hydrogens (tertiary/aromatic N) is 1. The van der Waals surface area contributed by atoms with Gasteiger partial charge in [-0.05, 0) is 31.2 Å². The molecule has 2 aromatic rings. The zero-order valence-electron chi connectivity index (χ0n) is 12.9. The van der Waals surface area contributed by atoms with Crippen molar-refractivity contribution in [1.82, 2.24) is 0 Å². The van der Waals surface area contributed by atoms with E-state index in [4.69, 9.17) is 16.3 Å². The van der Waals surface area contributed by atoms with E-state index >= 15 is 0 Å². The lowest BCUT2D eigenvalue weighted by Crippen LogP contribution is -2.25. The number of hydrogen-bond donors (Lipinski definition) is 1. The molecule has 24 heavy (non-hydrogen) atoms. The van der Waals surface area contributed by atoms with Crippen LogP contribution in [0.3, 0.4) is 0 Å². The Bertz CT molecular complexity index is 751. The Balaban J connectivity index is 2.24. The minimum atomic E-state index is -0.944. The molecular formula is C17H15ClN2O3S. The molecule has 0 atom stereocenters. The second-order valence-corrected chi connectivity index (χ2v) is 5.94. The fourth-order valence-electron chi connectivity index (χ4n) is 1.67. The molecule has 5 nitrogen and oxygen atoms in total. The van der Waals surface area contributed by atoms with Gasteiger partial charge in [0, 0.05) is 4.90 Å². The van der Waals surface area contributed by atoms with Crippen molar-refractivity contribution in [3.8, 4) is 0 Å². The number of ether oxygens (including phenoxy) is 1. The van der Waals surface area contributed by atoms with E-state index in [2.05, 4.69) is 10.5 Å². The van der Waals surface area contributed by atoms with E-state index in [1.165, 1.54) is 0 Å². The molecule has 0 aliphatic carbocycles. The van der Waals surface area contributed by atoms with Crippen molar-refractivity contribution in [2.75, 3.05) is 12.0 Å². The maximum atomic E-state index is 12.2. The molecule has 0 aliphatic rings. The third kappa shape index (κ3) is 5.11. The van der Waals surface area contributed by atoms with E-state index < -0.39 is 11.8 Å². The van der Waals surface area contributed by atoms with E-state index in [9.17, 15) is 9.59 Å². The van der Waals surface area contributed by atoms with Crippen LogP contribution >= 0.6 is 23.4 Å². The SMILES string of the molecule is CCOC(=O)C(=O)C(=NNc1ccccc1Cl)Sc1ccccc1. The molecule has 0 saturated carbocycles. The monoisotopic (exact) mass is 362 g/mol. The van der Waals surface area contributed by atoms with Crippen LogP contribution in [0.15, 0.2) is 64.6 Å². The first-order chi connectivity index (χ1) is 11.6. The quantitative estimate of drug-likeness (QED) is 0.210. The molecule has 0 radical (unpaired) electrons. The number of esters is 1. The maximum Gasteiger partial charge on any atom is 0.382 e. The number of para-hydroxylation sites is 1. The largest absolute Gasteiger partial charge is 0.460 e. The maximum absolute atomic E-state index is 12.2. The van der Waals surface area contributed by atoms with Crippen LogP contribution in [0.5, 0.6) is 0 Å². The molecule has 124 valence electrons. The van der Waals surface area contributed by atoms with Crippen LogP contribution in [0.1, 0.15) is 6.92 Å². The molecule has 2 rings (SSSR count). The Morgan fingerprint density at radius 1 is 1.12 bits per heavy atom. The van der Waals surface area contributed by atoms with Gasteiger partial charge in [0.25, 0.3) is 5.78 Å². The number of benzene rings is 2. The highest BCUT2D eigenvalue weighted by molar-refractivity contribution is 8.16. The summed E-state index contributed by atoms with van der Waals surface area (Å²) in [6.45, 7) is 1.75. The predicted octanol–water partition coefficient (Wildman–Crippen LogP) is 3.99. The Hall–Kier alpha value is -2.31. The van der Waals surface area contributed by atoms with E-state index in [0.717, 1.165) is 16.7 Å². The number of rotatable bonds is 6. The Morgan fingerprint density at radius 2 is 1.79 bits per heavy atom. The molecule has 0 spiro atoms. The third-order valence-electron chi connectivity index (χ3n) is 2.76. The standard InChI is InChI=1S/C17H15ClN2O3S/c1-2-23-17(22)15(21)16(24-12-8-4-3-5-9-12)20-19-14-11-7-6-10-13(14)18/h3-11,19H,2H2,1H3. The number of hydrogen-bond acceptors (Lipinski definition) is 6. The smallest absolute Gasteiger partial charge is 0.382 e. The van der Waals surface area contributed by atoms with Crippen LogP contribution in [0, 0.1) is 0 Å². The summed E-state index contributed by atoms with van der Waals surface area (Å²) in [4.78, 5) is 24.8. The lowest BCUT2D eigenvalue weighted by atomic mass is 10.3. The minimum absolute atomic E-state index is 0.0282. The number of anilines is 1. The van der Waals surface area contributed by atoms with Gasteiger partial charge in [0.1, 0.15) is 0 Å². The topological polar surface area (TPSA) is 67.8 Å². The van der Waals surface area contributed by atoms with Gasteiger partial charge in [0.2, 0.25) is 0 Å². The molecule has 0 bridgehead atoms. The van der Waals surface area contributed by atoms with Crippen LogP contribution < -0.4 is 5.43 Å². The van der Waals surface area contributed by atoms with Crippen molar-refractivity contribution in [2.24, 2.45) is 5.10 Å². The summed E-state index contributed by atoms with van der Waals surface area (Å²) in [6, 6.07) is 16.1. The molecule has 0 heterocycles. The molecular weight excluding hydrogens is 348 g/mol. The first-order valence-electron chi connectivity index (χ1n) is 7.14. The first kappa shape index (κ1) is 18.0. The van der Waals surface area contributed by atoms with Crippen molar-refractivity contribution < 1.29 is 14.3 Å². The fraction of sp³-hybridized carbons (Fsp3) is 0.118. The zero-order valence-corrected chi connectivity index (χ0v) is 14.4. The number of nitrogens with one attached hydrogen (secondary N) is 1. The Kier molecular flexibility index (Phi) is 6.84. The van der Waals surface area contributed by atoms with Gasteiger partial charge in [-0.1, -0.05) is 53.7 Å². The average molecular weight is 363 g/mol. The van der Waals surface area contributed by atoms with Crippen LogP contribution in [0.25, 0.3) is 0 Å². The molecule has 0 saturated heterocycles. The lowest BCUT2D eigenvalue weighted by Gasteiger charge is -2.07. The molecule has 0 fully saturated rings. The van der Waals surface area contributed by atoms with Crippen molar-refractivity contribution in [1.29, 1.82) is 0 Å². The van der Waals surface area contributed by atoms with Gasteiger partial charge >= 0.3 is 5.97 Å². The second kappa shape index (κ2) is 9.10. The number of halogens is 1. The average Bonchev–Trinajstić information content (AvgIpc) is 2.60. The van der Waals surface area contributed by atoms with Gasteiger partial charge in [-0.2, -0.15) is 5.10 Å². The van der Waals surface area contributed by atoms with E-state index in [-0.39, 0.29) is 11.7 Å². The number of ketones is 1. The van der Waals surface area contributed by atoms with Crippen molar-refractivity contribution in [3.63, 3.8) is 0 Å². The first-order valence-corrected chi connectivity index (χ1v) is 8.34. The second-order valence-electron chi connectivity index (χ2n) is 4.47. The summed E-state index contributed by atoms with van der Waals surface area (Å²) in [5.41, 5.74) is 3.25. The minimum Gasteiger partial charge on any atom is -0.460 e. The summed E-state index contributed by atoms with van der Waals surface area (Å²) < 4.78 is 4.76. The Morgan fingerprint density at radius 3 is 2.46 bits per heavy atom. The summed E-state index contributed by atoms with van der Waals surface area (Å²) in [6.07, 6.45) is 0. The summed E-state index contributed by atoms with van der Waals surface area (Å²) in [7, 11) is 0. The number of carbonyl (C=O) groups excluding carboxylic acids is 2. The number of thioether (sulfide) groups is 1. The third-order valence-corrected chi connectivity index (χ3v) is 4.07. The summed E-state index contributed by atoms with van der Waals surface area (Å²) in [5.74, 6) is -1.76. The number of carbonyl (C=O) groups is 2. The van der Waals surface area contributed by atoms with Gasteiger partial charge in [-0.15, -0.1) is 0 Å². The van der Waals surface area contributed by atoms with E-state index in [1.54, 1.807) is 31.2 Å². The highest BCUT2D eigenvalue weighted by Gasteiger charge is 2.23. The van der Waals surface area contributed by atoms with Crippen LogP contribution in [-0.2, 0) is 14.3 Å². The fourth-order valence-corrected chi connectivity index (χ4v) is 2.63. The highest BCUT2D eigenvalue weighted by Crippen LogP contribution is 2.23. The lowest BCUT2D eigenvalue weighted by molar-refractivity contribution is -0.150. The number of Topliss-reactive ketones (excluding diaryl/α,β-unsaturated/α-hetero) is 1. The van der Waals surface area contributed by atoms with Crippen LogP contribution in [0.4, 0.5) is 5.69 Å². The Labute approximate surface area is 149 Å². The van der Waals surface area contributed by atoms with Gasteiger partial charge in [0.05, 0.1) is 17.3 Å². The van der Waals surface area contributed by atoms with E-state index in [1.807, 2.05) is 30.3 Å². The molecule has 2 aromatic carbocycles. The van der Waals surface area contributed by atoms with Crippen molar-refractivity contribution in [2.45, 2.75) is 11.8 Å². The molecule has 0 amide bonds. The molecule has 7 heteroatoms. The summed E-state index contributed by atoms with van der Waals surface area (Å²) >= 11 is 7.11. The van der Waals surface area contributed by atoms with Crippen molar-refractivity contribution >= 4 is 45.8 Å². The van der Waals surface area contributed by atoms with Gasteiger partial charge < -0.3 is 4.74 Å². The molecule has 0 unspecified atom stereocenters.